The highest BCUT2D eigenvalue weighted by atomic mass is 32.2. The van der Waals surface area contributed by atoms with Crippen molar-refractivity contribution >= 4 is 37.1 Å². The number of nitrogens with zero attached hydrogens (tertiary/aromatic N) is 2. The number of hydrogen-bond donors (Lipinski definition) is 2. The van der Waals surface area contributed by atoms with Crippen molar-refractivity contribution in [2.45, 2.75) is 9.79 Å². The van der Waals surface area contributed by atoms with Gasteiger partial charge in [0.1, 0.15) is 0 Å². The third-order valence-corrected chi connectivity index (χ3v) is 8.22. The molecule has 0 saturated carbocycles. The first kappa shape index (κ1) is 23.1. The highest BCUT2D eigenvalue weighted by molar-refractivity contribution is 7.89. The average Bonchev–Trinajstić information content (AvgIpc) is 3.11. The van der Waals surface area contributed by atoms with Crippen LogP contribution in [0, 0.1) is 0 Å². The van der Waals surface area contributed by atoms with Crippen molar-refractivity contribution < 1.29 is 30.8 Å². The number of amides is 1. The zero-order chi connectivity index (χ0) is 23.8. The lowest BCUT2D eigenvalue weighted by Gasteiger charge is -2.26. The Hall–Kier alpha value is -3.04. The van der Waals surface area contributed by atoms with Gasteiger partial charge in [-0.15, -0.1) is 4.83 Å². The Morgan fingerprint density at radius 2 is 1.73 bits per heavy atom. The zero-order valence-electron chi connectivity index (χ0n) is 17.3. The first-order valence-corrected chi connectivity index (χ1v) is 12.6. The lowest BCUT2D eigenvalue weighted by atomic mass is 10.2. The molecule has 2 N–H and O–H groups in total. The molecule has 3 aromatic rings. The van der Waals surface area contributed by atoms with Gasteiger partial charge in [0.05, 0.1) is 28.5 Å². The van der Waals surface area contributed by atoms with Crippen LogP contribution < -0.4 is 16.0 Å². The summed E-state index contributed by atoms with van der Waals surface area (Å²) in [7, 11) is -6.56. The summed E-state index contributed by atoms with van der Waals surface area (Å²) in [6.07, 6.45) is 0. The molecule has 14 heteroatoms. The number of ether oxygens (including phenoxy) is 1. The molecular formula is C19H20N4O8S2. The second-order valence-corrected chi connectivity index (χ2v) is 10.8. The monoisotopic (exact) mass is 496 g/mol. The fraction of sp³-hybridized carbons (Fsp3) is 0.263. The third kappa shape index (κ3) is 4.56. The van der Waals surface area contributed by atoms with E-state index in [1.54, 1.807) is 0 Å². The van der Waals surface area contributed by atoms with Gasteiger partial charge >= 0.3 is 5.76 Å². The smallest absolute Gasteiger partial charge is 0.408 e. The van der Waals surface area contributed by atoms with Crippen LogP contribution in [0.2, 0.25) is 0 Å². The van der Waals surface area contributed by atoms with Gasteiger partial charge < -0.3 is 9.15 Å². The van der Waals surface area contributed by atoms with Crippen LogP contribution in [-0.4, -0.2) is 57.9 Å². The van der Waals surface area contributed by atoms with Crippen molar-refractivity contribution in [1.82, 2.24) is 19.1 Å². The summed E-state index contributed by atoms with van der Waals surface area (Å²) in [4.78, 5) is 25.7. The summed E-state index contributed by atoms with van der Waals surface area (Å²) in [6.45, 7) is 0.952. The quantitative estimate of drug-likeness (QED) is 0.443. The Kier molecular flexibility index (Phi) is 6.11. The molecule has 2 aromatic carbocycles. The van der Waals surface area contributed by atoms with Crippen molar-refractivity contribution in [2.24, 2.45) is 7.05 Å². The van der Waals surface area contributed by atoms with Gasteiger partial charge in [-0.1, -0.05) is 6.07 Å². The highest BCUT2D eigenvalue weighted by Crippen LogP contribution is 2.19. The van der Waals surface area contributed by atoms with E-state index in [1.807, 2.05) is 4.83 Å². The summed E-state index contributed by atoms with van der Waals surface area (Å²) in [5.41, 5.74) is 2.47. The molecule has 0 unspecified atom stereocenters. The lowest BCUT2D eigenvalue weighted by Crippen LogP contribution is -2.42. The van der Waals surface area contributed by atoms with Gasteiger partial charge in [0.25, 0.3) is 15.9 Å². The summed E-state index contributed by atoms with van der Waals surface area (Å²) < 4.78 is 63.3. The van der Waals surface area contributed by atoms with E-state index in [2.05, 4.69) is 5.43 Å². The number of aromatic nitrogens is 1. The van der Waals surface area contributed by atoms with E-state index in [-0.39, 0.29) is 47.2 Å². The van der Waals surface area contributed by atoms with Crippen LogP contribution in [0.15, 0.2) is 61.5 Å². The third-order valence-electron chi connectivity index (χ3n) is 5.08. The molecule has 0 spiro atoms. The van der Waals surface area contributed by atoms with E-state index in [1.165, 1.54) is 52.3 Å². The topological polar surface area (TPSA) is 157 Å². The van der Waals surface area contributed by atoms with E-state index < -0.39 is 31.7 Å². The maximum atomic E-state index is 12.8. The number of rotatable bonds is 6. The molecule has 33 heavy (non-hydrogen) atoms. The first-order chi connectivity index (χ1) is 15.6. The number of carbonyl (C=O) groups is 1. The predicted molar refractivity (Wildman–Crippen MR) is 115 cm³/mol. The van der Waals surface area contributed by atoms with Crippen molar-refractivity contribution in [3.8, 4) is 0 Å². The molecule has 12 nitrogen and oxygen atoms in total. The first-order valence-electron chi connectivity index (χ1n) is 9.69. The van der Waals surface area contributed by atoms with Crippen LogP contribution in [0.5, 0.6) is 0 Å². The van der Waals surface area contributed by atoms with Gasteiger partial charge in [-0.05, 0) is 30.3 Å². The molecule has 1 aliphatic heterocycles. The highest BCUT2D eigenvalue weighted by Gasteiger charge is 2.27. The summed E-state index contributed by atoms with van der Waals surface area (Å²) in [5, 5.41) is 0. The number of benzene rings is 2. The summed E-state index contributed by atoms with van der Waals surface area (Å²) >= 11 is 0. The van der Waals surface area contributed by atoms with Gasteiger partial charge in [0.2, 0.25) is 10.0 Å². The molecule has 1 amide bonds. The molecule has 1 aromatic heterocycles. The van der Waals surface area contributed by atoms with E-state index in [9.17, 15) is 26.4 Å². The Labute approximate surface area is 188 Å². The maximum absolute atomic E-state index is 12.8. The number of hydrogen-bond acceptors (Lipinski definition) is 8. The number of nitrogens with one attached hydrogen (secondary N) is 2. The van der Waals surface area contributed by atoms with Crippen LogP contribution in [-0.2, 0) is 31.8 Å². The molecule has 1 fully saturated rings. The minimum atomic E-state index is -4.21. The Bertz CT molecular complexity index is 1490. The molecular weight excluding hydrogens is 476 g/mol. The number of oxazole rings is 1. The SMILES string of the molecule is Cn1c(=O)oc2cc(S(=O)(=O)NNC(=O)c3cccc(S(=O)(=O)N4CCOCC4)c3)ccc21. The van der Waals surface area contributed by atoms with Crippen LogP contribution in [0.25, 0.3) is 11.1 Å². The molecule has 0 aliphatic carbocycles. The molecule has 0 bridgehead atoms. The fourth-order valence-corrected chi connectivity index (χ4v) is 5.57. The van der Waals surface area contributed by atoms with Gasteiger partial charge in [-0.25, -0.2) is 21.6 Å². The number of morpholine rings is 1. The Morgan fingerprint density at radius 1 is 1.00 bits per heavy atom. The Morgan fingerprint density at radius 3 is 2.45 bits per heavy atom. The van der Waals surface area contributed by atoms with Crippen LogP contribution in [0.1, 0.15) is 10.4 Å². The van der Waals surface area contributed by atoms with E-state index in [0.29, 0.717) is 5.52 Å². The zero-order valence-corrected chi connectivity index (χ0v) is 19.0. The number of hydrazine groups is 1. The summed E-state index contributed by atoms with van der Waals surface area (Å²) in [5.74, 6) is -1.50. The molecule has 0 atom stereocenters. The number of fused-ring (bicyclic) bond motifs is 1. The van der Waals surface area contributed by atoms with Crippen LogP contribution in [0.4, 0.5) is 0 Å². The minimum absolute atomic E-state index is 0.0588. The van der Waals surface area contributed by atoms with Gasteiger partial charge in [0.15, 0.2) is 5.58 Å². The second-order valence-electron chi connectivity index (χ2n) is 7.16. The van der Waals surface area contributed by atoms with Gasteiger partial charge in [-0.3, -0.25) is 14.8 Å². The summed E-state index contributed by atoms with van der Waals surface area (Å²) in [6, 6.07) is 9.07. The average molecular weight is 497 g/mol. The molecule has 0 radical (unpaired) electrons. The predicted octanol–water partition coefficient (Wildman–Crippen LogP) is -0.224. The fourth-order valence-electron chi connectivity index (χ4n) is 3.26. The van der Waals surface area contributed by atoms with E-state index in [0.717, 1.165) is 6.07 Å². The normalized spacial score (nSPS) is 15.5. The minimum Gasteiger partial charge on any atom is -0.408 e. The second kappa shape index (κ2) is 8.72. The van der Waals surface area contributed by atoms with Crippen molar-refractivity contribution in [3.05, 3.63) is 58.6 Å². The largest absolute Gasteiger partial charge is 0.419 e. The molecule has 1 aliphatic rings. The standard InChI is InChI=1S/C19H20N4O8S2/c1-22-16-6-5-14(12-17(16)31-19(22)25)32(26,27)21-20-18(24)13-3-2-4-15(11-13)33(28,29)23-7-9-30-10-8-23/h2-6,11-12,21H,7-10H2,1H3,(H,20,24). The number of aryl methyl sites for hydroxylation is 1. The molecule has 4 rings (SSSR count). The number of carbonyl (C=O) groups excluding carboxylic acids is 1. The maximum Gasteiger partial charge on any atom is 0.419 e. The number of sulfonamides is 2. The van der Waals surface area contributed by atoms with Gasteiger partial charge in [0, 0.05) is 31.8 Å². The van der Waals surface area contributed by atoms with Crippen molar-refractivity contribution in [1.29, 1.82) is 0 Å². The lowest BCUT2D eigenvalue weighted by molar-refractivity contribution is 0.0730. The van der Waals surface area contributed by atoms with Crippen LogP contribution >= 0.6 is 0 Å². The van der Waals surface area contributed by atoms with E-state index >= 15 is 0 Å². The Balaban J connectivity index is 1.50. The van der Waals surface area contributed by atoms with Crippen molar-refractivity contribution in [2.75, 3.05) is 26.3 Å². The van der Waals surface area contributed by atoms with Gasteiger partial charge in [-0.2, -0.15) is 4.31 Å². The van der Waals surface area contributed by atoms with Crippen molar-refractivity contribution in [3.63, 3.8) is 0 Å². The molecule has 2 heterocycles. The van der Waals surface area contributed by atoms with Crippen LogP contribution in [0.3, 0.4) is 0 Å². The molecule has 176 valence electrons. The van der Waals surface area contributed by atoms with E-state index in [4.69, 9.17) is 9.15 Å². The molecule has 1 saturated heterocycles.